The van der Waals surface area contributed by atoms with Gasteiger partial charge >= 0.3 is 18.1 Å². The van der Waals surface area contributed by atoms with E-state index in [0.717, 1.165) is 24.1 Å². The fraction of sp³-hybridized carbons (Fsp3) is 0.364. The lowest BCUT2D eigenvalue weighted by Gasteiger charge is -2.15. The number of ether oxygens (including phenoxy) is 1. The zero-order valence-corrected chi connectivity index (χ0v) is 18.3. The fourth-order valence-corrected chi connectivity index (χ4v) is 4.50. The van der Waals surface area contributed by atoms with Gasteiger partial charge in [-0.3, -0.25) is 9.67 Å². The standard InChI is InChI=1S/C22H21F3N4O3S/c23-22(24,25)21(31)32-20(30)19-17-5-4-14-13-27-10-7-16(14)18(17)28-29(19)11-2-8-26-9-6-15-3-1-12-33-15/h1,3,7,10,12-13,26H,2,4-6,8-9,11H2. The van der Waals surface area contributed by atoms with Crippen molar-refractivity contribution in [2.45, 2.75) is 38.4 Å². The van der Waals surface area contributed by atoms with E-state index in [0.29, 0.717) is 37.1 Å². The summed E-state index contributed by atoms with van der Waals surface area (Å²) in [6, 6.07) is 5.82. The van der Waals surface area contributed by atoms with Crippen molar-refractivity contribution >= 4 is 23.3 Å². The Kier molecular flexibility index (Phi) is 6.89. The Bertz CT molecular complexity index is 1140. The zero-order chi connectivity index (χ0) is 23.4. The minimum absolute atomic E-state index is 0.108. The molecule has 0 radical (unpaired) electrons. The average Bonchev–Trinajstić information content (AvgIpc) is 3.43. The molecule has 0 fully saturated rings. The van der Waals surface area contributed by atoms with E-state index in [9.17, 15) is 22.8 Å². The molecule has 33 heavy (non-hydrogen) atoms. The lowest BCUT2D eigenvalue weighted by molar-refractivity contribution is -0.193. The number of hydrogen-bond donors (Lipinski definition) is 1. The van der Waals surface area contributed by atoms with Gasteiger partial charge in [-0.15, -0.1) is 11.3 Å². The van der Waals surface area contributed by atoms with E-state index in [4.69, 9.17) is 0 Å². The number of aryl methyl sites for hydroxylation is 2. The van der Waals surface area contributed by atoms with Crippen LogP contribution < -0.4 is 5.32 Å². The van der Waals surface area contributed by atoms with Crippen LogP contribution in [0.25, 0.3) is 11.3 Å². The third kappa shape index (κ3) is 5.31. The molecule has 11 heteroatoms. The second-order valence-corrected chi connectivity index (χ2v) is 8.57. The van der Waals surface area contributed by atoms with Crippen LogP contribution >= 0.6 is 11.3 Å². The molecular weight excluding hydrogens is 457 g/mol. The molecular formula is C22H21F3N4O3S. The molecule has 0 unspecified atom stereocenters. The van der Waals surface area contributed by atoms with Crippen LogP contribution in [0, 0.1) is 0 Å². The van der Waals surface area contributed by atoms with Gasteiger partial charge in [-0.1, -0.05) is 6.07 Å². The Hall–Kier alpha value is -3.05. The molecule has 7 nitrogen and oxygen atoms in total. The largest absolute Gasteiger partial charge is 0.491 e. The first-order valence-electron chi connectivity index (χ1n) is 10.4. The number of halogens is 3. The molecule has 0 aliphatic heterocycles. The minimum Gasteiger partial charge on any atom is -0.381 e. The summed E-state index contributed by atoms with van der Waals surface area (Å²) in [5, 5.41) is 9.84. The summed E-state index contributed by atoms with van der Waals surface area (Å²) >= 11 is 1.69. The molecule has 0 saturated carbocycles. The smallest absolute Gasteiger partial charge is 0.381 e. The van der Waals surface area contributed by atoms with E-state index in [2.05, 4.69) is 26.2 Å². The summed E-state index contributed by atoms with van der Waals surface area (Å²) in [5.41, 5.74) is 2.60. The Morgan fingerprint density at radius 3 is 2.82 bits per heavy atom. The maximum Gasteiger partial charge on any atom is 0.491 e. The van der Waals surface area contributed by atoms with Crippen molar-refractivity contribution < 1.29 is 27.5 Å². The maximum atomic E-state index is 12.6. The van der Waals surface area contributed by atoms with Gasteiger partial charge in [0.05, 0.1) is 5.69 Å². The number of carbonyl (C=O) groups excluding carboxylic acids is 2. The number of rotatable bonds is 8. The monoisotopic (exact) mass is 478 g/mol. The zero-order valence-electron chi connectivity index (χ0n) is 17.5. The Balaban J connectivity index is 1.49. The number of nitrogens with zero attached hydrogens (tertiary/aromatic N) is 3. The number of nitrogens with one attached hydrogen (secondary N) is 1. The predicted octanol–water partition coefficient (Wildman–Crippen LogP) is 3.57. The minimum atomic E-state index is -5.26. The van der Waals surface area contributed by atoms with E-state index >= 15 is 0 Å². The van der Waals surface area contributed by atoms with Gasteiger partial charge in [0.15, 0.2) is 5.69 Å². The van der Waals surface area contributed by atoms with Crippen molar-refractivity contribution in [2.75, 3.05) is 13.1 Å². The van der Waals surface area contributed by atoms with Gasteiger partial charge in [0, 0.05) is 34.9 Å². The molecule has 0 spiro atoms. The van der Waals surface area contributed by atoms with Crippen molar-refractivity contribution in [3.8, 4) is 11.3 Å². The lowest BCUT2D eigenvalue weighted by Crippen LogP contribution is -2.29. The van der Waals surface area contributed by atoms with E-state index < -0.39 is 18.1 Å². The first-order chi connectivity index (χ1) is 15.8. The van der Waals surface area contributed by atoms with Crippen LogP contribution in [0.3, 0.4) is 0 Å². The van der Waals surface area contributed by atoms with Crippen molar-refractivity contribution in [3.63, 3.8) is 0 Å². The third-order valence-corrected chi connectivity index (χ3v) is 6.25. The molecule has 1 aliphatic rings. The third-order valence-electron chi connectivity index (χ3n) is 5.32. The lowest BCUT2D eigenvalue weighted by atomic mass is 9.90. The van der Waals surface area contributed by atoms with Gasteiger partial charge in [-0.2, -0.15) is 18.3 Å². The number of pyridine rings is 1. The predicted molar refractivity (Wildman–Crippen MR) is 115 cm³/mol. The van der Waals surface area contributed by atoms with Gasteiger partial charge in [0.2, 0.25) is 0 Å². The Morgan fingerprint density at radius 2 is 2.06 bits per heavy atom. The van der Waals surface area contributed by atoms with Crippen molar-refractivity contribution in [1.29, 1.82) is 0 Å². The highest BCUT2D eigenvalue weighted by atomic mass is 32.1. The highest BCUT2D eigenvalue weighted by molar-refractivity contribution is 7.09. The van der Waals surface area contributed by atoms with Gasteiger partial charge in [0.1, 0.15) is 0 Å². The first-order valence-corrected chi connectivity index (χ1v) is 11.3. The Labute approximate surface area is 191 Å². The number of alkyl halides is 3. The summed E-state index contributed by atoms with van der Waals surface area (Å²) in [6.45, 7) is 1.70. The van der Waals surface area contributed by atoms with Gasteiger partial charge in [0.25, 0.3) is 0 Å². The number of aromatic nitrogens is 3. The molecule has 0 atom stereocenters. The summed E-state index contributed by atoms with van der Waals surface area (Å²) in [7, 11) is 0. The molecule has 1 aliphatic carbocycles. The molecule has 1 N–H and O–H groups in total. The topological polar surface area (TPSA) is 86.1 Å². The van der Waals surface area contributed by atoms with Crippen molar-refractivity contribution in [3.05, 3.63) is 57.7 Å². The SMILES string of the molecule is O=C(OC(=O)C(F)(F)F)c1c2c(nn1CCCNCCc1cccs1)-c1ccncc1CC2. The molecule has 0 amide bonds. The number of thiophene rings is 1. The van der Waals surface area contributed by atoms with Gasteiger partial charge in [-0.25, -0.2) is 9.59 Å². The fourth-order valence-electron chi connectivity index (χ4n) is 3.80. The van der Waals surface area contributed by atoms with E-state index in [1.165, 1.54) is 9.56 Å². The highest BCUT2D eigenvalue weighted by Gasteiger charge is 2.43. The number of carbonyl (C=O) groups is 2. The summed E-state index contributed by atoms with van der Waals surface area (Å²) < 4.78 is 43.4. The van der Waals surface area contributed by atoms with Crippen LogP contribution in [0.2, 0.25) is 0 Å². The summed E-state index contributed by atoms with van der Waals surface area (Å²) in [5.74, 6) is -3.88. The van der Waals surface area contributed by atoms with Crippen molar-refractivity contribution in [2.24, 2.45) is 0 Å². The summed E-state index contributed by atoms with van der Waals surface area (Å²) in [4.78, 5) is 29.2. The number of esters is 2. The van der Waals surface area contributed by atoms with E-state index in [1.54, 1.807) is 29.8 Å². The highest BCUT2D eigenvalue weighted by Crippen LogP contribution is 2.34. The van der Waals surface area contributed by atoms with Crippen LogP contribution in [0.1, 0.15) is 32.9 Å². The second kappa shape index (κ2) is 9.84. The quantitative estimate of drug-likeness (QED) is 0.303. The normalized spacial score (nSPS) is 12.8. The van der Waals surface area contributed by atoms with Crippen molar-refractivity contribution in [1.82, 2.24) is 20.1 Å². The second-order valence-electron chi connectivity index (χ2n) is 7.54. The Morgan fingerprint density at radius 1 is 1.21 bits per heavy atom. The van der Waals surface area contributed by atoms with Crippen LogP contribution in [-0.4, -0.2) is 46.0 Å². The number of fused-ring (bicyclic) bond motifs is 3. The summed E-state index contributed by atoms with van der Waals surface area (Å²) in [6.07, 6.45) is 0.468. The van der Waals surface area contributed by atoms with Crippen LogP contribution in [0.5, 0.6) is 0 Å². The molecule has 0 aromatic carbocycles. The number of hydrogen-bond acceptors (Lipinski definition) is 7. The average molecular weight is 478 g/mol. The molecule has 0 bridgehead atoms. The van der Waals surface area contributed by atoms with Crippen LogP contribution in [0.4, 0.5) is 13.2 Å². The molecule has 3 aromatic heterocycles. The molecule has 0 saturated heterocycles. The molecule has 4 rings (SSSR count). The van der Waals surface area contributed by atoms with E-state index in [-0.39, 0.29) is 12.2 Å². The van der Waals surface area contributed by atoms with Crippen LogP contribution in [-0.2, 0) is 35.3 Å². The molecule has 3 heterocycles. The molecule has 3 aromatic rings. The van der Waals surface area contributed by atoms with E-state index in [1.807, 2.05) is 11.4 Å². The first kappa shape index (κ1) is 23.1. The van der Waals surface area contributed by atoms with Crippen LogP contribution in [0.15, 0.2) is 36.0 Å². The maximum absolute atomic E-state index is 12.6. The van der Waals surface area contributed by atoms with Gasteiger partial charge < -0.3 is 10.1 Å². The molecule has 174 valence electrons. The van der Waals surface area contributed by atoms with Gasteiger partial charge in [-0.05, 0) is 61.8 Å².